The van der Waals surface area contributed by atoms with Crippen LogP contribution in [0.3, 0.4) is 0 Å². The first-order valence-corrected chi connectivity index (χ1v) is 8.53. The highest BCUT2D eigenvalue weighted by Gasteiger charge is 2.59. The quantitative estimate of drug-likeness (QED) is 0.572. The van der Waals surface area contributed by atoms with Gasteiger partial charge in [-0.2, -0.15) is 0 Å². The topological polar surface area (TPSA) is 78.9 Å². The second-order valence-electron chi connectivity index (χ2n) is 7.74. The highest BCUT2D eigenvalue weighted by Crippen LogP contribution is 2.49. The van der Waals surface area contributed by atoms with Gasteiger partial charge in [-0.1, -0.05) is 30.3 Å². The molecule has 1 aromatic rings. The third kappa shape index (κ3) is 3.74. The molecule has 0 bridgehead atoms. The van der Waals surface area contributed by atoms with Crippen LogP contribution in [0.2, 0.25) is 0 Å². The zero-order valence-corrected chi connectivity index (χ0v) is 16.0. The maximum atomic E-state index is 12.6. The molecule has 1 fully saturated rings. The third-order valence-corrected chi connectivity index (χ3v) is 5.05. The van der Waals surface area contributed by atoms with Gasteiger partial charge in [0.2, 0.25) is 5.60 Å². The zero-order valence-electron chi connectivity index (χ0n) is 16.0. The van der Waals surface area contributed by atoms with Crippen molar-refractivity contribution in [3.63, 3.8) is 0 Å². The lowest BCUT2D eigenvalue weighted by molar-refractivity contribution is -0.171. The van der Waals surface area contributed by atoms with Crippen molar-refractivity contribution in [2.45, 2.75) is 45.6 Å². The fraction of sp³-hybridized carbons (Fsp3) is 0.550. The minimum absolute atomic E-state index is 0.146. The Hall–Kier alpha value is -2.37. The number of rotatable bonds is 6. The van der Waals surface area contributed by atoms with Gasteiger partial charge >= 0.3 is 17.9 Å². The number of carbonyl (C=O) groups excluding carboxylic acids is 3. The van der Waals surface area contributed by atoms with E-state index in [-0.39, 0.29) is 12.8 Å². The number of methoxy groups -OCH3 is 2. The average Bonchev–Trinajstić information content (AvgIpc) is 2.83. The van der Waals surface area contributed by atoms with Gasteiger partial charge in [-0.15, -0.1) is 0 Å². The van der Waals surface area contributed by atoms with Crippen LogP contribution in [0.5, 0.6) is 0 Å². The number of esters is 3. The molecule has 0 aromatic heterocycles. The van der Waals surface area contributed by atoms with E-state index in [1.165, 1.54) is 21.1 Å². The summed E-state index contributed by atoms with van der Waals surface area (Å²) < 4.78 is 15.1. The lowest BCUT2D eigenvalue weighted by Crippen LogP contribution is -2.40. The molecule has 1 heterocycles. The molecule has 0 aliphatic carbocycles. The first-order valence-electron chi connectivity index (χ1n) is 8.53. The maximum Gasteiger partial charge on any atom is 0.350 e. The summed E-state index contributed by atoms with van der Waals surface area (Å²) in [7, 11) is 2.59. The zero-order chi connectivity index (χ0) is 19.6. The van der Waals surface area contributed by atoms with Crippen molar-refractivity contribution in [2.75, 3.05) is 14.2 Å². The molecule has 3 atom stereocenters. The predicted molar refractivity (Wildman–Crippen MR) is 94.1 cm³/mol. The van der Waals surface area contributed by atoms with Crippen molar-refractivity contribution in [3.8, 4) is 0 Å². The number of benzene rings is 1. The van der Waals surface area contributed by atoms with Crippen LogP contribution in [-0.4, -0.2) is 37.7 Å². The molecule has 1 aromatic carbocycles. The normalized spacial score (nSPS) is 27.3. The molecule has 142 valence electrons. The smallest absolute Gasteiger partial charge is 0.350 e. The number of cyclic esters (lactones) is 1. The highest BCUT2D eigenvalue weighted by molar-refractivity contribution is 5.90. The molecule has 0 spiro atoms. The molecule has 26 heavy (non-hydrogen) atoms. The molecule has 6 nitrogen and oxygen atoms in total. The average molecular weight is 362 g/mol. The molecule has 0 N–H and O–H groups in total. The Bertz CT molecular complexity index is 700. The second kappa shape index (κ2) is 7.09. The molecular weight excluding hydrogens is 336 g/mol. The van der Waals surface area contributed by atoms with Gasteiger partial charge in [-0.3, -0.25) is 9.59 Å². The van der Waals surface area contributed by atoms with Crippen LogP contribution in [0.15, 0.2) is 30.3 Å². The molecule has 0 radical (unpaired) electrons. The monoisotopic (exact) mass is 362 g/mol. The number of hydrogen-bond donors (Lipinski definition) is 0. The summed E-state index contributed by atoms with van der Waals surface area (Å²) in [6.45, 7) is 5.03. The van der Waals surface area contributed by atoms with Gasteiger partial charge in [0.15, 0.2) is 0 Å². The van der Waals surface area contributed by atoms with Gasteiger partial charge in [-0.25, -0.2) is 4.79 Å². The Morgan fingerprint density at radius 3 is 2.31 bits per heavy atom. The van der Waals surface area contributed by atoms with Gasteiger partial charge < -0.3 is 14.2 Å². The molecule has 0 amide bonds. The molecular formula is C20H26O6. The number of ether oxygens (including phenoxy) is 3. The van der Waals surface area contributed by atoms with E-state index in [0.29, 0.717) is 6.42 Å². The van der Waals surface area contributed by atoms with Gasteiger partial charge in [0.05, 0.1) is 25.0 Å². The predicted octanol–water partition coefficient (Wildman–Crippen LogP) is 2.68. The van der Waals surface area contributed by atoms with Crippen LogP contribution in [0.25, 0.3) is 0 Å². The molecule has 1 aliphatic rings. The van der Waals surface area contributed by atoms with Crippen molar-refractivity contribution in [2.24, 2.45) is 10.8 Å². The summed E-state index contributed by atoms with van der Waals surface area (Å²) >= 11 is 0. The van der Waals surface area contributed by atoms with E-state index >= 15 is 0 Å². The fourth-order valence-corrected chi connectivity index (χ4v) is 4.01. The number of carbonyl (C=O) groups is 3. The minimum atomic E-state index is -1.34. The molecule has 2 rings (SSSR count). The molecule has 1 saturated heterocycles. The molecule has 0 saturated carbocycles. The highest BCUT2D eigenvalue weighted by atomic mass is 16.6. The second-order valence-corrected chi connectivity index (χ2v) is 7.74. The lowest BCUT2D eigenvalue weighted by Gasteiger charge is -2.33. The van der Waals surface area contributed by atoms with E-state index < -0.39 is 34.3 Å². The van der Waals surface area contributed by atoms with Crippen molar-refractivity contribution in [1.82, 2.24) is 0 Å². The van der Waals surface area contributed by atoms with E-state index in [9.17, 15) is 14.4 Å². The van der Waals surface area contributed by atoms with E-state index in [2.05, 4.69) is 0 Å². The van der Waals surface area contributed by atoms with Crippen LogP contribution in [0.4, 0.5) is 0 Å². The maximum absolute atomic E-state index is 12.6. The number of hydrogen-bond acceptors (Lipinski definition) is 6. The first-order chi connectivity index (χ1) is 12.1. The van der Waals surface area contributed by atoms with Crippen LogP contribution >= 0.6 is 0 Å². The van der Waals surface area contributed by atoms with Crippen LogP contribution in [0, 0.1) is 10.8 Å². The van der Waals surface area contributed by atoms with Gasteiger partial charge in [0, 0.05) is 6.42 Å². The minimum Gasteiger partial charge on any atom is -0.469 e. The summed E-state index contributed by atoms with van der Waals surface area (Å²) in [5.74, 6) is -1.51. The summed E-state index contributed by atoms with van der Waals surface area (Å²) in [6.07, 6.45) is 0.762. The fourth-order valence-electron chi connectivity index (χ4n) is 4.01. The van der Waals surface area contributed by atoms with E-state index in [0.717, 1.165) is 5.56 Å². The standard InChI is InChI=1S/C20H26O6/c1-18(15(21)24-4,11-14-9-7-6-8-10-14)12-19(2)13-20(3,17(23)25-5)26-16(19)22/h6-10H,11-13H2,1-5H3/t18-,19+,20-/m1/s1. The van der Waals surface area contributed by atoms with Crippen molar-refractivity contribution >= 4 is 17.9 Å². The molecule has 1 aliphatic heterocycles. The van der Waals surface area contributed by atoms with Crippen molar-refractivity contribution in [1.29, 1.82) is 0 Å². The summed E-state index contributed by atoms with van der Waals surface area (Å²) in [4.78, 5) is 37.2. The Labute approximate surface area is 153 Å². The lowest BCUT2D eigenvalue weighted by atomic mass is 9.68. The van der Waals surface area contributed by atoms with Crippen molar-refractivity contribution in [3.05, 3.63) is 35.9 Å². The van der Waals surface area contributed by atoms with E-state index in [4.69, 9.17) is 14.2 Å². The Morgan fingerprint density at radius 1 is 1.15 bits per heavy atom. The van der Waals surface area contributed by atoms with E-state index in [1.54, 1.807) is 13.8 Å². The summed E-state index contributed by atoms with van der Waals surface area (Å²) in [6, 6.07) is 9.54. The summed E-state index contributed by atoms with van der Waals surface area (Å²) in [5.41, 5.74) is -2.32. The largest absolute Gasteiger partial charge is 0.469 e. The van der Waals surface area contributed by atoms with Gasteiger partial charge in [0.1, 0.15) is 0 Å². The Kier molecular flexibility index (Phi) is 5.44. The third-order valence-electron chi connectivity index (χ3n) is 5.05. The Balaban J connectivity index is 2.31. The van der Waals surface area contributed by atoms with Crippen LogP contribution in [-0.2, 0) is 35.0 Å². The van der Waals surface area contributed by atoms with Crippen LogP contribution < -0.4 is 0 Å². The molecule has 0 unspecified atom stereocenters. The first kappa shape index (κ1) is 19.9. The van der Waals surface area contributed by atoms with E-state index in [1.807, 2.05) is 30.3 Å². The van der Waals surface area contributed by atoms with Gasteiger partial charge in [-0.05, 0) is 39.2 Å². The van der Waals surface area contributed by atoms with Crippen LogP contribution in [0.1, 0.15) is 39.2 Å². The van der Waals surface area contributed by atoms with Gasteiger partial charge in [0.25, 0.3) is 0 Å². The summed E-state index contributed by atoms with van der Waals surface area (Å²) in [5, 5.41) is 0. The SMILES string of the molecule is COC(=O)[C@](C)(Cc1ccccc1)C[C@@]1(C)C[C@](C)(C(=O)OC)OC1=O. The van der Waals surface area contributed by atoms with Crippen molar-refractivity contribution < 1.29 is 28.6 Å². The molecule has 6 heteroatoms. The Morgan fingerprint density at radius 2 is 1.77 bits per heavy atom.